The summed E-state index contributed by atoms with van der Waals surface area (Å²) in [5, 5.41) is 9.12. The lowest BCUT2D eigenvalue weighted by molar-refractivity contribution is 0.0690. The average molecular weight is 266 g/mol. The minimum Gasteiger partial charge on any atom is -0.476 e. The van der Waals surface area contributed by atoms with Crippen molar-refractivity contribution in [2.75, 3.05) is 0 Å². The highest BCUT2D eigenvalue weighted by Gasteiger charge is 2.13. The van der Waals surface area contributed by atoms with Crippen LogP contribution in [0.15, 0.2) is 24.5 Å². The van der Waals surface area contributed by atoms with E-state index in [9.17, 15) is 4.79 Å². The number of carboxylic acid groups (broad SMARTS) is 1. The number of hydrogen-bond acceptors (Lipinski definition) is 3. The van der Waals surface area contributed by atoms with Gasteiger partial charge < -0.3 is 5.11 Å². The number of aromatic nitrogens is 3. The van der Waals surface area contributed by atoms with Crippen LogP contribution in [-0.4, -0.2) is 25.6 Å². The monoisotopic (exact) mass is 265 g/mol. The van der Waals surface area contributed by atoms with Crippen LogP contribution in [0, 0.1) is 0 Å². The third kappa shape index (κ3) is 2.36. The number of pyridine rings is 1. The normalized spacial score (nSPS) is 10.6. The van der Waals surface area contributed by atoms with Crippen molar-refractivity contribution >= 4 is 17.6 Å². The van der Waals surface area contributed by atoms with E-state index in [1.54, 1.807) is 23.0 Å². The van der Waals surface area contributed by atoms with Crippen molar-refractivity contribution in [2.24, 2.45) is 0 Å². The van der Waals surface area contributed by atoms with Crippen LogP contribution in [0.4, 0.5) is 0 Å². The summed E-state index contributed by atoms with van der Waals surface area (Å²) in [5.41, 5.74) is -0.148. The molecule has 2 rings (SSSR count). The predicted molar refractivity (Wildman–Crippen MR) is 67.3 cm³/mol. The first kappa shape index (κ1) is 12.6. The molecule has 0 saturated heterocycles. The molecule has 2 heterocycles. The molecular weight excluding hydrogens is 254 g/mol. The number of aromatic carboxylic acids is 1. The molecule has 0 unspecified atom stereocenters. The van der Waals surface area contributed by atoms with E-state index in [2.05, 4.69) is 16.9 Å². The highest BCUT2D eigenvalue weighted by Crippen LogP contribution is 2.17. The molecule has 2 aromatic rings. The molecule has 0 bridgehead atoms. The Morgan fingerprint density at radius 3 is 2.94 bits per heavy atom. The second-order valence-corrected chi connectivity index (χ2v) is 4.18. The Bertz CT molecular complexity index is 580. The highest BCUT2D eigenvalue weighted by molar-refractivity contribution is 6.33. The number of carbonyl (C=O) groups is 1. The number of imidazole rings is 1. The summed E-state index contributed by atoms with van der Waals surface area (Å²) >= 11 is 5.79. The minimum atomic E-state index is -1.14. The number of nitrogens with zero attached hydrogens (tertiary/aromatic N) is 3. The summed E-state index contributed by atoms with van der Waals surface area (Å²) in [5.74, 6) is 0.223. The Morgan fingerprint density at radius 1 is 1.50 bits per heavy atom. The quantitative estimate of drug-likeness (QED) is 0.922. The molecule has 6 heteroatoms. The van der Waals surface area contributed by atoms with Gasteiger partial charge >= 0.3 is 5.97 Å². The molecular formula is C12H12ClN3O2. The van der Waals surface area contributed by atoms with Gasteiger partial charge in [-0.1, -0.05) is 18.5 Å². The van der Waals surface area contributed by atoms with Gasteiger partial charge in [-0.15, -0.1) is 0 Å². The van der Waals surface area contributed by atoms with Gasteiger partial charge in [-0.25, -0.2) is 14.8 Å². The fourth-order valence-electron chi connectivity index (χ4n) is 1.67. The van der Waals surface area contributed by atoms with Crippen molar-refractivity contribution in [1.29, 1.82) is 0 Å². The summed E-state index contributed by atoms with van der Waals surface area (Å²) < 4.78 is 1.77. The van der Waals surface area contributed by atoms with Crippen molar-refractivity contribution in [3.05, 3.63) is 41.1 Å². The Kier molecular flexibility index (Phi) is 3.62. The van der Waals surface area contributed by atoms with E-state index in [0.717, 1.165) is 18.7 Å². The van der Waals surface area contributed by atoms with E-state index >= 15 is 0 Å². The van der Waals surface area contributed by atoms with Crippen LogP contribution in [-0.2, 0) is 6.42 Å². The lowest BCUT2D eigenvalue weighted by atomic mass is 10.3. The van der Waals surface area contributed by atoms with Gasteiger partial charge in [0, 0.05) is 18.8 Å². The molecule has 94 valence electrons. The van der Waals surface area contributed by atoms with Crippen LogP contribution >= 0.6 is 11.6 Å². The van der Waals surface area contributed by atoms with Crippen molar-refractivity contribution in [3.8, 4) is 5.82 Å². The smallest absolute Gasteiger partial charge is 0.356 e. The molecule has 5 nitrogen and oxygen atoms in total. The van der Waals surface area contributed by atoms with Crippen LogP contribution in [0.3, 0.4) is 0 Å². The van der Waals surface area contributed by atoms with Crippen molar-refractivity contribution in [3.63, 3.8) is 0 Å². The molecule has 0 aliphatic heterocycles. The molecule has 0 aliphatic carbocycles. The fourth-order valence-corrected chi connectivity index (χ4v) is 1.85. The van der Waals surface area contributed by atoms with Gasteiger partial charge in [0.2, 0.25) is 0 Å². The first-order valence-electron chi connectivity index (χ1n) is 5.56. The topological polar surface area (TPSA) is 68.0 Å². The average Bonchev–Trinajstić information content (AvgIpc) is 2.78. The van der Waals surface area contributed by atoms with Crippen molar-refractivity contribution in [2.45, 2.75) is 19.8 Å². The van der Waals surface area contributed by atoms with Crippen molar-refractivity contribution in [1.82, 2.24) is 14.5 Å². The molecule has 0 radical (unpaired) electrons. The fraction of sp³-hybridized carbons (Fsp3) is 0.250. The number of halogens is 1. The molecule has 0 fully saturated rings. The van der Waals surface area contributed by atoms with E-state index in [4.69, 9.17) is 16.7 Å². The second-order valence-electron chi connectivity index (χ2n) is 3.77. The molecule has 0 aromatic carbocycles. The summed E-state index contributed by atoms with van der Waals surface area (Å²) in [6.45, 7) is 2.05. The van der Waals surface area contributed by atoms with Gasteiger partial charge in [0.05, 0.1) is 5.02 Å². The van der Waals surface area contributed by atoms with Crippen LogP contribution in [0.2, 0.25) is 5.02 Å². The summed E-state index contributed by atoms with van der Waals surface area (Å²) in [6.07, 6.45) is 5.19. The summed E-state index contributed by atoms with van der Waals surface area (Å²) in [6, 6.07) is 3.21. The second kappa shape index (κ2) is 5.18. The summed E-state index contributed by atoms with van der Waals surface area (Å²) in [4.78, 5) is 19.3. The first-order valence-corrected chi connectivity index (χ1v) is 5.93. The maximum atomic E-state index is 11.0. The molecule has 0 saturated carbocycles. The van der Waals surface area contributed by atoms with Crippen LogP contribution < -0.4 is 0 Å². The predicted octanol–water partition coefficient (Wildman–Crippen LogP) is 2.57. The number of carboxylic acids is 1. The Labute approximate surface area is 109 Å². The standard InChI is InChI=1S/C12H12ClN3O2/c1-2-3-9-14-6-7-16(9)10-5-4-8(13)11(15-10)12(17)18/h4-7H,2-3H2,1H3,(H,17,18). The van der Waals surface area contributed by atoms with Gasteiger partial charge in [-0.2, -0.15) is 0 Å². The van der Waals surface area contributed by atoms with E-state index in [1.165, 1.54) is 6.07 Å². The zero-order valence-corrected chi connectivity index (χ0v) is 10.6. The van der Waals surface area contributed by atoms with Gasteiger partial charge in [0.25, 0.3) is 0 Å². The maximum Gasteiger partial charge on any atom is 0.356 e. The van der Waals surface area contributed by atoms with Gasteiger partial charge in [0.15, 0.2) is 5.69 Å². The maximum absolute atomic E-state index is 11.0. The van der Waals surface area contributed by atoms with Crippen LogP contribution in [0.25, 0.3) is 5.82 Å². The Morgan fingerprint density at radius 2 is 2.28 bits per heavy atom. The number of hydrogen-bond donors (Lipinski definition) is 1. The van der Waals surface area contributed by atoms with E-state index in [0.29, 0.717) is 5.82 Å². The minimum absolute atomic E-state index is 0.128. The van der Waals surface area contributed by atoms with Gasteiger partial charge in [-0.3, -0.25) is 4.57 Å². The third-order valence-electron chi connectivity index (χ3n) is 2.47. The lowest BCUT2D eigenvalue weighted by Gasteiger charge is -2.07. The molecule has 0 aliphatic rings. The molecule has 0 spiro atoms. The number of aryl methyl sites for hydroxylation is 1. The van der Waals surface area contributed by atoms with Crippen molar-refractivity contribution < 1.29 is 9.90 Å². The number of rotatable bonds is 4. The molecule has 0 amide bonds. The van der Waals surface area contributed by atoms with E-state index in [-0.39, 0.29) is 10.7 Å². The summed E-state index contributed by atoms with van der Waals surface area (Å²) in [7, 11) is 0. The van der Waals surface area contributed by atoms with E-state index < -0.39 is 5.97 Å². The molecule has 2 aromatic heterocycles. The Hall–Kier alpha value is -1.88. The molecule has 18 heavy (non-hydrogen) atoms. The molecule has 1 N–H and O–H groups in total. The SMILES string of the molecule is CCCc1nccn1-c1ccc(Cl)c(C(=O)O)n1. The van der Waals surface area contributed by atoms with Gasteiger partial charge in [-0.05, 0) is 18.6 Å². The highest BCUT2D eigenvalue weighted by atomic mass is 35.5. The largest absolute Gasteiger partial charge is 0.476 e. The van der Waals surface area contributed by atoms with Gasteiger partial charge in [0.1, 0.15) is 11.6 Å². The third-order valence-corrected chi connectivity index (χ3v) is 2.78. The van der Waals surface area contributed by atoms with E-state index in [1.807, 2.05) is 0 Å². The lowest BCUT2D eigenvalue weighted by Crippen LogP contribution is -2.07. The zero-order valence-electron chi connectivity index (χ0n) is 9.80. The first-order chi connectivity index (χ1) is 8.63. The Balaban J connectivity index is 2.47. The van der Waals surface area contributed by atoms with Crippen LogP contribution in [0.1, 0.15) is 29.7 Å². The van der Waals surface area contributed by atoms with Crippen LogP contribution in [0.5, 0.6) is 0 Å². The zero-order chi connectivity index (χ0) is 13.1. The molecule has 0 atom stereocenters.